The fourth-order valence-electron chi connectivity index (χ4n) is 2.92. The van der Waals surface area contributed by atoms with Crippen molar-refractivity contribution in [3.63, 3.8) is 0 Å². The van der Waals surface area contributed by atoms with Gasteiger partial charge >= 0.3 is 0 Å². The molecule has 0 aromatic carbocycles. The summed E-state index contributed by atoms with van der Waals surface area (Å²) in [6.07, 6.45) is 4.98. The third-order valence-electron chi connectivity index (χ3n) is 4.23. The van der Waals surface area contributed by atoms with Crippen LogP contribution in [-0.4, -0.2) is 55.9 Å². The quantitative estimate of drug-likeness (QED) is 0.845. The molecule has 6 heteroatoms. The van der Waals surface area contributed by atoms with E-state index in [4.69, 9.17) is 0 Å². The smallest absolute Gasteiger partial charge is 0.279 e. The molecule has 2 aliphatic rings. The number of hydrogen-bond acceptors (Lipinski definition) is 3. The molecule has 0 bridgehead atoms. The minimum Gasteiger partial charge on any atom is -0.301 e. The zero-order valence-electron chi connectivity index (χ0n) is 12.1. The molecule has 0 saturated carbocycles. The SMILES string of the molecule is CC(C)N1CCC(NS(=O)(=O)N2CCCCC2)CC1. The highest BCUT2D eigenvalue weighted by molar-refractivity contribution is 7.87. The van der Waals surface area contributed by atoms with Crippen LogP contribution in [0.15, 0.2) is 0 Å². The van der Waals surface area contributed by atoms with Gasteiger partial charge < -0.3 is 4.90 Å². The van der Waals surface area contributed by atoms with Gasteiger partial charge in [0.1, 0.15) is 0 Å². The molecule has 0 aromatic heterocycles. The van der Waals surface area contributed by atoms with Gasteiger partial charge in [0.15, 0.2) is 0 Å². The van der Waals surface area contributed by atoms with Gasteiger partial charge in [0, 0.05) is 25.2 Å². The van der Waals surface area contributed by atoms with E-state index in [1.165, 1.54) is 0 Å². The van der Waals surface area contributed by atoms with Gasteiger partial charge in [0.2, 0.25) is 0 Å². The fourth-order valence-corrected chi connectivity index (χ4v) is 4.47. The van der Waals surface area contributed by atoms with Gasteiger partial charge in [-0.25, -0.2) is 0 Å². The summed E-state index contributed by atoms with van der Waals surface area (Å²) in [5, 5.41) is 0. The summed E-state index contributed by atoms with van der Waals surface area (Å²) in [6.45, 7) is 7.73. The highest BCUT2D eigenvalue weighted by atomic mass is 32.2. The second-order valence-corrected chi connectivity index (χ2v) is 7.69. The lowest BCUT2D eigenvalue weighted by Gasteiger charge is -2.36. The van der Waals surface area contributed by atoms with Gasteiger partial charge in [-0.15, -0.1) is 0 Å². The van der Waals surface area contributed by atoms with Crippen LogP contribution in [0, 0.1) is 0 Å². The summed E-state index contributed by atoms with van der Waals surface area (Å²) in [7, 11) is -3.26. The summed E-state index contributed by atoms with van der Waals surface area (Å²) in [5.41, 5.74) is 0. The summed E-state index contributed by atoms with van der Waals surface area (Å²) in [5.74, 6) is 0. The standard InChI is InChI=1S/C13H27N3O2S/c1-12(2)15-10-6-13(7-11-15)14-19(17,18)16-8-4-3-5-9-16/h12-14H,3-11H2,1-2H3. The minimum atomic E-state index is -3.26. The van der Waals surface area contributed by atoms with Crippen molar-refractivity contribution >= 4 is 10.2 Å². The molecule has 0 amide bonds. The Balaban J connectivity index is 1.84. The lowest BCUT2D eigenvalue weighted by atomic mass is 10.1. The highest BCUT2D eigenvalue weighted by Crippen LogP contribution is 2.16. The van der Waals surface area contributed by atoms with E-state index in [0.29, 0.717) is 19.1 Å². The molecule has 1 N–H and O–H groups in total. The Morgan fingerprint density at radius 3 is 2.11 bits per heavy atom. The molecule has 112 valence electrons. The lowest BCUT2D eigenvalue weighted by Crippen LogP contribution is -2.51. The molecule has 2 aliphatic heterocycles. The van der Waals surface area contributed by atoms with Crippen molar-refractivity contribution in [1.29, 1.82) is 0 Å². The van der Waals surface area contributed by atoms with E-state index >= 15 is 0 Å². The Morgan fingerprint density at radius 1 is 1.00 bits per heavy atom. The molecule has 19 heavy (non-hydrogen) atoms. The summed E-state index contributed by atoms with van der Waals surface area (Å²) < 4.78 is 29.1. The average molecular weight is 289 g/mol. The number of likely N-dealkylation sites (tertiary alicyclic amines) is 1. The molecule has 2 rings (SSSR count). The van der Waals surface area contributed by atoms with Crippen molar-refractivity contribution in [3.8, 4) is 0 Å². The molecule has 2 saturated heterocycles. The van der Waals surface area contributed by atoms with Crippen molar-refractivity contribution in [2.75, 3.05) is 26.2 Å². The van der Waals surface area contributed by atoms with Crippen LogP contribution < -0.4 is 4.72 Å². The number of rotatable bonds is 4. The van der Waals surface area contributed by atoms with Crippen molar-refractivity contribution < 1.29 is 8.42 Å². The van der Waals surface area contributed by atoms with E-state index in [9.17, 15) is 8.42 Å². The number of nitrogens with zero attached hydrogens (tertiary/aromatic N) is 2. The Bertz CT molecular complexity index is 369. The molecule has 0 radical (unpaired) electrons. The van der Waals surface area contributed by atoms with Gasteiger partial charge in [-0.1, -0.05) is 6.42 Å². The number of nitrogens with one attached hydrogen (secondary N) is 1. The Morgan fingerprint density at radius 2 is 1.58 bits per heavy atom. The molecule has 0 aliphatic carbocycles. The lowest BCUT2D eigenvalue weighted by molar-refractivity contribution is 0.167. The van der Waals surface area contributed by atoms with Crippen molar-refractivity contribution in [1.82, 2.24) is 13.9 Å². The van der Waals surface area contributed by atoms with Gasteiger partial charge in [0.05, 0.1) is 0 Å². The van der Waals surface area contributed by atoms with Crippen LogP contribution in [0.3, 0.4) is 0 Å². The first-order chi connectivity index (χ1) is 8.99. The van der Waals surface area contributed by atoms with E-state index in [-0.39, 0.29) is 6.04 Å². The van der Waals surface area contributed by atoms with Crippen molar-refractivity contribution in [2.24, 2.45) is 0 Å². The Kier molecular flexibility index (Phi) is 5.22. The van der Waals surface area contributed by atoms with Crippen LogP contribution >= 0.6 is 0 Å². The fraction of sp³-hybridized carbons (Fsp3) is 1.00. The van der Waals surface area contributed by atoms with E-state index in [0.717, 1.165) is 45.2 Å². The maximum atomic E-state index is 12.3. The van der Waals surface area contributed by atoms with Crippen molar-refractivity contribution in [3.05, 3.63) is 0 Å². The normalized spacial score (nSPS) is 25.0. The molecule has 5 nitrogen and oxygen atoms in total. The highest BCUT2D eigenvalue weighted by Gasteiger charge is 2.29. The zero-order chi connectivity index (χ0) is 13.9. The summed E-state index contributed by atoms with van der Waals surface area (Å²) >= 11 is 0. The molecular formula is C13H27N3O2S. The largest absolute Gasteiger partial charge is 0.301 e. The Hall–Kier alpha value is -0.170. The van der Waals surface area contributed by atoms with Crippen LogP contribution in [-0.2, 0) is 10.2 Å². The molecule has 0 aromatic rings. The first-order valence-electron chi connectivity index (χ1n) is 7.50. The van der Waals surface area contributed by atoms with E-state index in [2.05, 4.69) is 23.5 Å². The topological polar surface area (TPSA) is 52.7 Å². The minimum absolute atomic E-state index is 0.113. The summed E-state index contributed by atoms with van der Waals surface area (Å²) in [4.78, 5) is 2.41. The number of piperidine rings is 2. The third-order valence-corrected chi connectivity index (χ3v) is 5.91. The van der Waals surface area contributed by atoms with Crippen LogP contribution in [0.1, 0.15) is 46.0 Å². The molecule has 0 unspecified atom stereocenters. The van der Waals surface area contributed by atoms with Gasteiger partial charge in [-0.3, -0.25) is 0 Å². The van der Waals surface area contributed by atoms with Gasteiger partial charge in [-0.05, 0) is 52.6 Å². The van der Waals surface area contributed by atoms with Crippen LogP contribution in [0.4, 0.5) is 0 Å². The molecular weight excluding hydrogens is 262 g/mol. The summed E-state index contributed by atoms with van der Waals surface area (Å²) in [6, 6.07) is 0.668. The van der Waals surface area contributed by atoms with Crippen LogP contribution in [0.2, 0.25) is 0 Å². The van der Waals surface area contributed by atoms with E-state index in [1.54, 1.807) is 4.31 Å². The third kappa shape index (κ3) is 4.15. The molecule has 0 spiro atoms. The number of hydrogen-bond donors (Lipinski definition) is 1. The first-order valence-corrected chi connectivity index (χ1v) is 8.94. The Labute approximate surface area is 117 Å². The van der Waals surface area contributed by atoms with Gasteiger partial charge in [0.25, 0.3) is 10.2 Å². The molecule has 2 heterocycles. The van der Waals surface area contributed by atoms with Crippen molar-refractivity contribution in [2.45, 2.75) is 58.0 Å². The van der Waals surface area contributed by atoms with E-state index in [1.807, 2.05) is 0 Å². The second-order valence-electron chi connectivity index (χ2n) is 5.99. The zero-order valence-corrected chi connectivity index (χ0v) is 13.0. The van der Waals surface area contributed by atoms with Crippen LogP contribution in [0.25, 0.3) is 0 Å². The average Bonchev–Trinajstić information content (AvgIpc) is 2.40. The first kappa shape index (κ1) is 15.2. The predicted molar refractivity (Wildman–Crippen MR) is 77.2 cm³/mol. The van der Waals surface area contributed by atoms with Gasteiger partial charge in [-0.2, -0.15) is 17.4 Å². The maximum absolute atomic E-state index is 12.3. The molecule has 0 atom stereocenters. The van der Waals surface area contributed by atoms with Crippen LogP contribution in [0.5, 0.6) is 0 Å². The monoisotopic (exact) mass is 289 g/mol. The predicted octanol–water partition coefficient (Wildman–Crippen LogP) is 1.18. The second kappa shape index (κ2) is 6.52. The van der Waals surface area contributed by atoms with E-state index < -0.39 is 10.2 Å². The molecule has 2 fully saturated rings. The maximum Gasteiger partial charge on any atom is 0.279 e.